The SMILES string of the molecule is Cc1ccccc1N(C)c1cnc(CCl)cn1. The van der Waals surface area contributed by atoms with Crippen molar-refractivity contribution < 1.29 is 0 Å². The number of alkyl halides is 1. The van der Waals surface area contributed by atoms with Crippen molar-refractivity contribution in [1.29, 1.82) is 0 Å². The molecular formula is C13H14ClN3. The lowest BCUT2D eigenvalue weighted by molar-refractivity contribution is 1.04. The molecule has 0 aliphatic rings. The second-order valence-electron chi connectivity index (χ2n) is 3.85. The maximum absolute atomic E-state index is 5.68. The first kappa shape index (κ1) is 11.9. The fourth-order valence-electron chi connectivity index (χ4n) is 1.65. The summed E-state index contributed by atoms with van der Waals surface area (Å²) in [6.45, 7) is 2.08. The molecule has 0 bridgehead atoms. The molecule has 1 heterocycles. The number of para-hydroxylation sites is 1. The highest BCUT2D eigenvalue weighted by molar-refractivity contribution is 6.16. The average molecular weight is 248 g/mol. The van der Waals surface area contributed by atoms with Gasteiger partial charge < -0.3 is 4.90 Å². The minimum absolute atomic E-state index is 0.390. The lowest BCUT2D eigenvalue weighted by Gasteiger charge is -2.19. The molecule has 17 heavy (non-hydrogen) atoms. The van der Waals surface area contributed by atoms with E-state index in [0.29, 0.717) is 5.88 Å². The van der Waals surface area contributed by atoms with E-state index in [-0.39, 0.29) is 0 Å². The van der Waals surface area contributed by atoms with Crippen LogP contribution < -0.4 is 4.90 Å². The molecule has 0 aliphatic heterocycles. The predicted molar refractivity (Wildman–Crippen MR) is 70.8 cm³/mol. The lowest BCUT2D eigenvalue weighted by Crippen LogP contribution is -2.12. The van der Waals surface area contributed by atoms with E-state index in [9.17, 15) is 0 Å². The summed E-state index contributed by atoms with van der Waals surface area (Å²) in [4.78, 5) is 10.6. The van der Waals surface area contributed by atoms with E-state index < -0.39 is 0 Å². The molecule has 0 atom stereocenters. The number of aromatic nitrogens is 2. The van der Waals surface area contributed by atoms with Crippen molar-refractivity contribution in [2.24, 2.45) is 0 Å². The Morgan fingerprint density at radius 1 is 1.18 bits per heavy atom. The fraction of sp³-hybridized carbons (Fsp3) is 0.231. The molecule has 1 aromatic carbocycles. The molecule has 2 rings (SSSR count). The fourth-order valence-corrected chi connectivity index (χ4v) is 1.79. The van der Waals surface area contributed by atoms with Crippen LogP contribution in [0.15, 0.2) is 36.7 Å². The molecule has 88 valence electrons. The number of hydrogen-bond donors (Lipinski definition) is 0. The van der Waals surface area contributed by atoms with E-state index in [0.717, 1.165) is 17.2 Å². The Balaban J connectivity index is 2.30. The summed E-state index contributed by atoms with van der Waals surface area (Å²) in [5, 5.41) is 0. The number of benzene rings is 1. The van der Waals surface area contributed by atoms with Crippen molar-refractivity contribution in [3.63, 3.8) is 0 Å². The van der Waals surface area contributed by atoms with Crippen molar-refractivity contribution in [2.75, 3.05) is 11.9 Å². The van der Waals surface area contributed by atoms with E-state index >= 15 is 0 Å². The van der Waals surface area contributed by atoms with Crippen molar-refractivity contribution in [3.05, 3.63) is 47.9 Å². The monoisotopic (exact) mass is 247 g/mol. The van der Waals surface area contributed by atoms with Crippen LogP contribution >= 0.6 is 11.6 Å². The van der Waals surface area contributed by atoms with E-state index in [1.54, 1.807) is 12.4 Å². The Hall–Kier alpha value is -1.61. The Bertz CT molecular complexity index is 496. The first-order valence-electron chi connectivity index (χ1n) is 5.38. The summed E-state index contributed by atoms with van der Waals surface area (Å²) in [5.41, 5.74) is 3.12. The van der Waals surface area contributed by atoms with Gasteiger partial charge in [0.2, 0.25) is 0 Å². The van der Waals surface area contributed by atoms with Crippen LogP contribution in [0.5, 0.6) is 0 Å². The molecule has 4 heteroatoms. The van der Waals surface area contributed by atoms with E-state index in [1.807, 2.05) is 24.1 Å². The molecule has 0 aliphatic carbocycles. The van der Waals surface area contributed by atoms with Crippen LogP contribution in [0.4, 0.5) is 11.5 Å². The second kappa shape index (κ2) is 5.15. The third kappa shape index (κ3) is 2.56. The van der Waals surface area contributed by atoms with Gasteiger partial charge in [-0.15, -0.1) is 11.6 Å². The highest BCUT2D eigenvalue weighted by atomic mass is 35.5. The summed E-state index contributed by atoms with van der Waals surface area (Å²) in [7, 11) is 1.98. The maximum atomic E-state index is 5.68. The van der Waals surface area contributed by atoms with Gasteiger partial charge >= 0.3 is 0 Å². The molecule has 0 amide bonds. The zero-order valence-electron chi connectivity index (χ0n) is 9.89. The maximum Gasteiger partial charge on any atom is 0.151 e. The Morgan fingerprint density at radius 2 is 1.94 bits per heavy atom. The predicted octanol–water partition coefficient (Wildman–Crippen LogP) is 3.29. The van der Waals surface area contributed by atoms with Gasteiger partial charge in [-0.25, -0.2) is 4.98 Å². The normalized spacial score (nSPS) is 10.3. The minimum atomic E-state index is 0.390. The molecule has 1 aromatic heterocycles. The van der Waals surface area contributed by atoms with Gasteiger partial charge in [-0.2, -0.15) is 0 Å². The summed E-state index contributed by atoms with van der Waals surface area (Å²) in [6, 6.07) is 8.17. The molecule has 0 spiro atoms. The number of halogens is 1. The van der Waals surface area contributed by atoms with E-state index in [2.05, 4.69) is 29.0 Å². The Labute approximate surface area is 106 Å². The topological polar surface area (TPSA) is 29.0 Å². The quantitative estimate of drug-likeness (QED) is 0.780. The van der Waals surface area contributed by atoms with Gasteiger partial charge in [-0.05, 0) is 18.6 Å². The van der Waals surface area contributed by atoms with Crippen LogP contribution in [0, 0.1) is 6.92 Å². The van der Waals surface area contributed by atoms with Crippen LogP contribution in [-0.2, 0) is 5.88 Å². The molecule has 0 saturated carbocycles. The summed E-state index contributed by atoms with van der Waals surface area (Å²) >= 11 is 5.68. The van der Waals surface area contributed by atoms with E-state index in [4.69, 9.17) is 11.6 Å². The first-order valence-corrected chi connectivity index (χ1v) is 5.92. The summed E-state index contributed by atoms with van der Waals surface area (Å²) in [5.74, 6) is 1.20. The summed E-state index contributed by atoms with van der Waals surface area (Å²) in [6.07, 6.45) is 3.45. The van der Waals surface area contributed by atoms with Gasteiger partial charge in [-0.1, -0.05) is 18.2 Å². The van der Waals surface area contributed by atoms with Crippen molar-refractivity contribution in [3.8, 4) is 0 Å². The van der Waals surface area contributed by atoms with Crippen LogP contribution in [0.1, 0.15) is 11.3 Å². The number of nitrogens with zero attached hydrogens (tertiary/aromatic N) is 3. The average Bonchev–Trinajstić information content (AvgIpc) is 2.39. The molecule has 0 saturated heterocycles. The third-order valence-electron chi connectivity index (χ3n) is 2.65. The highest BCUT2D eigenvalue weighted by Crippen LogP contribution is 2.24. The second-order valence-corrected chi connectivity index (χ2v) is 4.11. The smallest absolute Gasteiger partial charge is 0.151 e. The first-order chi connectivity index (χ1) is 8.22. The highest BCUT2D eigenvalue weighted by Gasteiger charge is 2.07. The van der Waals surface area contributed by atoms with Gasteiger partial charge in [0.15, 0.2) is 5.82 Å². The molecule has 3 nitrogen and oxygen atoms in total. The molecule has 0 fully saturated rings. The zero-order chi connectivity index (χ0) is 12.3. The van der Waals surface area contributed by atoms with E-state index in [1.165, 1.54) is 5.56 Å². The number of anilines is 2. The summed E-state index contributed by atoms with van der Waals surface area (Å²) < 4.78 is 0. The van der Waals surface area contributed by atoms with Gasteiger partial charge in [0.1, 0.15) is 0 Å². The zero-order valence-corrected chi connectivity index (χ0v) is 10.6. The molecule has 0 radical (unpaired) electrons. The van der Waals surface area contributed by atoms with Crippen LogP contribution in [0.3, 0.4) is 0 Å². The van der Waals surface area contributed by atoms with Crippen LogP contribution in [-0.4, -0.2) is 17.0 Å². The van der Waals surface area contributed by atoms with Crippen LogP contribution in [0.25, 0.3) is 0 Å². The Kier molecular flexibility index (Phi) is 3.59. The van der Waals surface area contributed by atoms with Gasteiger partial charge in [-0.3, -0.25) is 4.98 Å². The number of hydrogen-bond acceptors (Lipinski definition) is 3. The Morgan fingerprint density at radius 3 is 2.53 bits per heavy atom. The number of rotatable bonds is 3. The van der Waals surface area contributed by atoms with Gasteiger partial charge in [0.25, 0.3) is 0 Å². The standard InChI is InChI=1S/C13H14ClN3/c1-10-5-3-4-6-12(10)17(2)13-9-15-11(7-14)8-16-13/h3-6,8-9H,7H2,1-2H3. The molecular weight excluding hydrogens is 234 g/mol. The molecule has 0 N–H and O–H groups in total. The van der Waals surface area contributed by atoms with Crippen molar-refractivity contribution in [1.82, 2.24) is 9.97 Å². The van der Waals surface area contributed by atoms with Crippen molar-refractivity contribution >= 4 is 23.1 Å². The lowest BCUT2D eigenvalue weighted by atomic mass is 10.2. The minimum Gasteiger partial charge on any atom is -0.328 e. The van der Waals surface area contributed by atoms with Gasteiger partial charge in [0.05, 0.1) is 24.0 Å². The van der Waals surface area contributed by atoms with Crippen LogP contribution in [0.2, 0.25) is 0 Å². The number of aryl methyl sites for hydroxylation is 1. The largest absolute Gasteiger partial charge is 0.328 e. The molecule has 0 unspecified atom stereocenters. The van der Waals surface area contributed by atoms with Crippen molar-refractivity contribution in [2.45, 2.75) is 12.8 Å². The van der Waals surface area contributed by atoms with Gasteiger partial charge in [0, 0.05) is 12.7 Å². The molecule has 2 aromatic rings. The third-order valence-corrected chi connectivity index (χ3v) is 2.92.